The quantitative estimate of drug-likeness (QED) is 0.0252. The minimum atomic E-state index is -5.90. The number of nitrogens with one attached hydrogen (secondary N) is 4. The highest BCUT2D eigenvalue weighted by atomic mass is 31.2. The molecule has 0 spiro atoms. The van der Waals surface area contributed by atoms with Crippen molar-refractivity contribution >= 4 is 47.1 Å². The number of rotatable bonds is 44. The molecule has 0 aromatic rings. The molecule has 0 saturated carbocycles. The number of carbonyl (C=O) groups excluding carboxylic acids is 4. The minimum absolute atomic E-state index is 0.808. The van der Waals surface area contributed by atoms with Gasteiger partial charge >= 0.3 is 23.5 Å². The van der Waals surface area contributed by atoms with E-state index in [1.807, 2.05) is 0 Å². The van der Waals surface area contributed by atoms with Crippen LogP contribution in [-0.4, -0.2) is 426 Å². The summed E-state index contributed by atoms with van der Waals surface area (Å²) in [6.45, 7) is -12.1. The topological polar surface area (TPSA) is 803 Å². The van der Waals surface area contributed by atoms with Gasteiger partial charge in [-0.25, -0.2) is 13.7 Å². The van der Waals surface area contributed by atoms with Gasteiger partial charge in [-0.15, -0.1) is 0 Å². The maximum Gasteiger partial charge on any atom is 0.472 e. The van der Waals surface area contributed by atoms with Gasteiger partial charge in [0.1, 0.15) is 171 Å². The summed E-state index contributed by atoms with van der Waals surface area (Å²) < 4.78 is 114. The van der Waals surface area contributed by atoms with Gasteiger partial charge in [0.25, 0.3) is 0 Å². The molecule has 29 N–H and O–H groups in total. The molecule has 4 fully saturated rings. The Hall–Kier alpha value is -2.99. The lowest BCUT2D eigenvalue weighted by molar-refractivity contribution is -0.296. The predicted molar refractivity (Wildman–Crippen MR) is 328 cm³/mol. The summed E-state index contributed by atoms with van der Waals surface area (Å²) in [5.41, 5.74) is 0. The molecule has 0 aliphatic carbocycles. The molecule has 0 aromatic carbocycles. The Kier molecular flexibility index (Phi) is 38.8. The highest BCUT2D eigenvalue weighted by Crippen LogP contribution is 2.47. The standard InChI is InChI=1S/C52H97N4O46P3/c1-17(63)53-33-45(79)41(75)26(7-59)96-49(33)95-25(6-58)38(72)22(68)11-89-103(83,84)90-12-23(69)39(73)31(101-51-35(55-19(3)65)47(81)43(77)28(9-61)98-51)15-92-104(85,86)91-13-24(70)40(74)32(102-52-36(56-20(4)66)48(82)44(78)29(10-62)99-52)16-94-105(87,88)93-14-30(37(71)21(67)5-57)100-50-34(54-18(2)64)46(80)42(76)27(8-60)97-50/h21-52,57-62,67-82H,5-16H2,1-4H3,(H,53,63)(H,54,64)(H,55,65)(H,56,66)(H,83,84)(H,85,86)(H,87,88)/t21-,22-,23-,24-,25+,26-,27-,28-,29-,30+,31-,32-,33-,34-,35-,36-,37-,38-,39-,40-,41-,42-,43-,44-,45-,46-,47-,48-,49+,50-,51-,52-/m1/s1. The van der Waals surface area contributed by atoms with Crippen LogP contribution in [0.5, 0.6) is 0 Å². The molecule has 50 nitrogen and oxygen atoms in total. The summed E-state index contributed by atoms with van der Waals surface area (Å²) in [7, 11) is -17.3. The normalized spacial score (nSPS) is 34.9. The number of aliphatic hydroxyl groups is 22. The third kappa shape index (κ3) is 27.7. The van der Waals surface area contributed by atoms with E-state index in [4.69, 9.17) is 60.5 Å². The van der Waals surface area contributed by atoms with E-state index in [2.05, 4.69) is 25.8 Å². The van der Waals surface area contributed by atoms with E-state index in [9.17, 15) is 160 Å². The van der Waals surface area contributed by atoms with Gasteiger partial charge < -0.3 is 186 Å². The second-order valence-electron chi connectivity index (χ2n) is 24.2. The highest BCUT2D eigenvalue weighted by molar-refractivity contribution is 7.47. The van der Waals surface area contributed by atoms with E-state index in [0.717, 1.165) is 27.7 Å². The van der Waals surface area contributed by atoms with E-state index < -0.39 is 322 Å². The average Bonchev–Trinajstić information content (AvgIpc) is 0.815. The molecule has 4 amide bonds. The number of ether oxygens (including phenoxy) is 8. The number of phosphoric acid groups is 3. The fraction of sp³-hybridized carbons (Fsp3) is 0.923. The fourth-order valence-corrected chi connectivity index (χ4v) is 12.7. The summed E-state index contributed by atoms with van der Waals surface area (Å²) in [5.74, 6) is -3.62. The fourth-order valence-electron chi connectivity index (χ4n) is 10.4. The first-order valence-electron chi connectivity index (χ1n) is 31.6. The van der Waals surface area contributed by atoms with Gasteiger partial charge in [0.15, 0.2) is 25.2 Å². The molecule has 4 aliphatic heterocycles. The first-order valence-corrected chi connectivity index (χ1v) is 36.1. The van der Waals surface area contributed by atoms with Crippen LogP contribution >= 0.6 is 23.5 Å². The van der Waals surface area contributed by atoms with Crippen LogP contribution in [0.1, 0.15) is 27.7 Å². The molecule has 616 valence electrons. The molecule has 4 aliphatic rings. The Balaban J connectivity index is 1.59. The van der Waals surface area contributed by atoms with Crippen molar-refractivity contribution < 1.29 is 225 Å². The van der Waals surface area contributed by atoms with Crippen molar-refractivity contribution in [1.82, 2.24) is 21.3 Å². The summed E-state index contributed by atoms with van der Waals surface area (Å²) in [4.78, 5) is 81.0. The molecular weight excluding hydrogens is 1510 g/mol. The van der Waals surface area contributed by atoms with E-state index in [1.165, 1.54) is 0 Å². The molecule has 53 heteroatoms. The first kappa shape index (κ1) is 94.4. The molecule has 0 aromatic heterocycles. The zero-order chi connectivity index (χ0) is 79.5. The first-order chi connectivity index (χ1) is 48.9. The van der Waals surface area contributed by atoms with Crippen LogP contribution in [0, 0.1) is 0 Å². The van der Waals surface area contributed by atoms with Crippen LogP contribution in [0.25, 0.3) is 0 Å². The average molecular weight is 1610 g/mol. The highest BCUT2D eigenvalue weighted by Gasteiger charge is 2.53. The largest absolute Gasteiger partial charge is 0.472 e. The monoisotopic (exact) mass is 1610 g/mol. The van der Waals surface area contributed by atoms with Crippen molar-refractivity contribution in [2.45, 2.75) is 224 Å². The van der Waals surface area contributed by atoms with Crippen molar-refractivity contribution in [3.8, 4) is 0 Å². The van der Waals surface area contributed by atoms with Crippen LogP contribution in [-0.2, 0) is 97.9 Å². The van der Waals surface area contributed by atoms with Gasteiger partial charge in [-0.05, 0) is 0 Å². The molecule has 35 atom stereocenters. The summed E-state index contributed by atoms with van der Waals surface area (Å²) in [6.07, 6.45) is -59.8. The number of hydrogen-bond acceptors (Lipinski definition) is 43. The van der Waals surface area contributed by atoms with E-state index in [1.54, 1.807) is 0 Å². The van der Waals surface area contributed by atoms with Crippen molar-refractivity contribution in [2.75, 3.05) is 79.3 Å². The van der Waals surface area contributed by atoms with Gasteiger partial charge in [-0.2, -0.15) is 0 Å². The zero-order valence-electron chi connectivity index (χ0n) is 56.1. The number of hydrogen-bond donors (Lipinski definition) is 29. The lowest BCUT2D eigenvalue weighted by Gasteiger charge is -2.44. The third-order valence-electron chi connectivity index (χ3n) is 16.1. The molecule has 4 heterocycles. The molecular formula is C52H97N4O46P3. The number of amides is 4. The molecule has 4 rings (SSSR count). The summed E-state index contributed by atoms with van der Waals surface area (Å²) in [6, 6.07) is -7.20. The van der Waals surface area contributed by atoms with Gasteiger partial charge in [-0.1, -0.05) is 0 Å². The van der Waals surface area contributed by atoms with Crippen molar-refractivity contribution in [3.63, 3.8) is 0 Å². The van der Waals surface area contributed by atoms with Crippen molar-refractivity contribution in [3.05, 3.63) is 0 Å². The van der Waals surface area contributed by atoms with Crippen LogP contribution in [0.3, 0.4) is 0 Å². The van der Waals surface area contributed by atoms with Crippen LogP contribution < -0.4 is 21.3 Å². The minimum Gasteiger partial charge on any atom is -0.394 e. The second kappa shape index (κ2) is 43.2. The van der Waals surface area contributed by atoms with Crippen molar-refractivity contribution in [1.29, 1.82) is 0 Å². The molecule has 4 saturated heterocycles. The SMILES string of the molecule is CC(=O)N[C@H]1[C@@H](O[C@@H](CO)[C@H](O)[C@H](O)COP(=O)(O)OC[C@@H](O)[C@@H](O)[C@@H](COP(=O)(O)OC[C@@H](O)[C@@H](O)[C@@H](COP(=O)(O)OC[C@H](O[C@H]2O[C@H](CO)[C@@H](O)[C@H](O)[C@H]2NC(C)=O)[C@H](O)[C@H](O)CO)O[C@H]2O[C@H](CO)[C@@H](O)[C@H](O)[C@H]2NC(C)=O)O[C@H]2O[C@H](CO)[C@@H](O)[C@H](O)[C@H]2NC(C)=O)O[C@H](CO)[C@@H](O)[C@@H]1O. The van der Waals surface area contributed by atoms with Gasteiger partial charge in [-0.3, -0.25) is 46.3 Å². The van der Waals surface area contributed by atoms with Crippen LogP contribution in [0.4, 0.5) is 0 Å². The van der Waals surface area contributed by atoms with Crippen LogP contribution in [0.15, 0.2) is 0 Å². The van der Waals surface area contributed by atoms with E-state index in [0.29, 0.717) is 0 Å². The Bertz CT molecular complexity index is 2800. The Morgan fingerprint density at radius 3 is 0.724 bits per heavy atom. The van der Waals surface area contributed by atoms with E-state index in [-0.39, 0.29) is 0 Å². The third-order valence-corrected chi connectivity index (χ3v) is 19.0. The van der Waals surface area contributed by atoms with Gasteiger partial charge in [0.05, 0.1) is 79.3 Å². The molecule has 0 bridgehead atoms. The molecule has 0 radical (unpaired) electrons. The number of aliphatic hydroxyl groups excluding tert-OH is 22. The Labute approximate surface area is 594 Å². The summed E-state index contributed by atoms with van der Waals surface area (Å²) >= 11 is 0. The zero-order valence-corrected chi connectivity index (χ0v) is 58.7. The van der Waals surface area contributed by atoms with Gasteiger partial charge in [0.2, 0.25) is 23.6 Å². The lowest BCUT2D eigenvalue weighted by atomic mass is 9.96. The maximum absolute atomic E-state index is 13.7. The maximum atomic E-state index is 13.7. The smallest absolute Gasteiger partial charge is 0.394 e. The Morgan fingerprint density at radius 2 is 0.524 bits per heavy atom. The van der Waals surface area contributed by atoms with Gasteiger partial charge in [0, 0.05) is 27.7 Å². The number of phosphoric ester groups is 3. The molecule has 105 heavy (non-hydrogen) atoms. The molecule has 3 unspecified atom stereocenters. The number of carbonyl (C=O) groups is 4. The lowest BCUT2D eigenvalue weighted by Crippen LogP contribution is -2.65. The van der Waals surface area contributed by atoms with E-state index >= 15 is 0 Å². The Morgan fingerprint density at radius 1 is 0.324 bits per heavy atom. The second-order valence-corrected chi connectivity index (χ2v) is 28.6. The summed E-state index contributed by atoms with van der Waals surface area (Å²) in [5, 5.41) is 241. The van der Waals surface area contributed by atoms with Crippen molar-refractivity contribution in [2.24, 2.45) is 0 Å². The van der Waals surface area contributed by atoms with Crippen LogP contribution in [0.2, 0.25) is 0 Å². The predicted octanol–water partition coefficient (Wildman–Crippen LogP) is -16.4.